The Bertz CT molecular complexity index is 819. The number of fused-ring (bicyclic) bond motifs is 1. The average Bonchev–Trinajstić information content (AvgIpc) is 2.92. The van der Waals surface area contributed by atoms with E-state index in [1.807, 2.05) is 42.5 Å². The number of amides is 1. The lowest BCUT2D eigenvalue weighted by Gasteiger charge is -2.06. The lowest BCUT2D eigenvalue weighted by Crippen LogP contribution is -2.14. The third-order valence-corrected chi connectivity index (χ3v) is 4.60. The van der Waals surface area contributed by atoms with Crippen LogP contribution in [0.1, 0.15) is 5.56 Å². The quantitative estimate of drug-likeness (QED) is 0.480. The van der Waals surface area contributed by atoms with Gasteiger partial charge in [-0.3, -0.25) is 10.2 Å². The maximum atomic E-state index is 12.1. The van der Waals surface area contributed by atoms with Crippen LogP contribution in [0, 0.1) is 0 Å². The summed E-state index contributed by atoms with van der Waals surface area (Å²) in [4.78, 5) is 16.5. The number of hydrogen-bond donors (Lipinski definition) is 3. The van der Waals surface area contributed by atoms with Gasteiger partial charge >= 0.3 is 0 Å². The molecule has 0 bridgehead atoms. The molecule has 0 aliphatic carbocycles. The van der Waals surface area contributed by atoms with E-state index in [1.165, 1.54) is 11.3 Å². The average molecular weight is 377 g/mol. The Morgan fingerprint density at radius 3 is 2.77 bits per heavy atom. The maximum absolute atomic E-state index is 12.1. The Balaban J connectivity index is 1.80. The van der Waals surface area contributed by atoms with E-state index in [9.17, 15) is 4.79 Å². The van der Waals surface area contributed by atoms with Crippen LogP contribution in [-0.4, -0.2) is 10.9 Å². The summed E-state index contributed by atoms with van der Waals surface area (Å²) in [7, 11) is 0. The summed E-state index contributed by atoms with van der Waals surface area (Å²) in [6.45, 7) is 0. The Morgan fingerprint density at radius 1 is 1.27 bits per heavy atom. The van der Waals surface area contributed by atoms with Crippen molar-refractivity contribution in [1.82, 2.24) is 4.98 Å². The molecule has 0 radical (unpaired) electrons. The van der Waals surface area contributed by atoms with Crippen LogP contribution in [-0.2, 0) is 11.2 Å². The van der Waals surface area contributed by atoms with Crippen molar-refractivity contribution in [3.05, 3.63) is 52.5 Å². The van der Waals surface area contributed by atoms with Gasteiger partial charge in [-0.05, 0) is 33.6 Å². The first-order valence-electron chi connectivity index (χ1n) is 6.56. The van der Waals surface area contributed by atoms with E-state index < -0.39 is 0 Å². The number of carbonyl (C=O) groups is 1. The Kier molecular flexibility index (Phi) is 4.37. The highest BCUT2D eigenvalue weighted by Gasteiger charge is 2.10. The smallest absolute Gasteiger partial charge is 0.228 e. The molecule has 3 rings (SSSR count). The van der Waals surface area contributed by atoms with Gasteiger partial charge in [-0.1, -0.05) is 41.7 Å². The van der Waals surface area contributed by atoms with Crippen LogP contribution in [0.4, 0.5) is 10.8 Å². The number of rotatable bonds is 4. The number of nitrogens with zero attached hydrogens (tertiary/aromatic N) is 1. The fourth-order valence-electron chi connectivity index (χ4n) is 2.11. The zero-order valence-corrected chi connectivity index (χ0v) is 13.9. The maximum Gasteiger partial charge on any atom is 0.228 e. The minimum Gasteiger partial charge on any atom is -0.326 e. The molecule has 112 valence electrons. The molecule has 1 aromatic heterocycles. The predicted molar refractivity (Wildman–Crippen MR) is 93.9 cm³/mol. The molecule has 1 heterocycles. The molecule has 5 nitrogen and oxygen atoms in total. The van der Waals surface area contributed by atoms with Gasteiger partial charge in [0.05, 0.1) is 16.6 Å². The molecule has 4 N–H and O–H groups in total. The molecule has 0 spiro atoms. The van der Waals surface area contributed by atoms with Crippen molar-refractivity contribution in [3.63, 3.8) is 0 Å². The molecule has 0 atom stereocenters. The van der Waals surface area contributed by atoms with Gasteiger partial charge in [0, 0.05) is 10.2 Å². The SMILES string of the molecule is NNc1nc2c(Br)cc(NC(=O)Cc3ccccc3)cc2s1. The van der Waals surface area contributed by atoms with Crippen molar-refractivity contribution in [2.75, 3.05) is 10.7 Å². The van der Waals surface area contributed by atoms with Crippen LogP contribution in [0.3, 0.4) is 0 Å². The normalized spacial score (nSPS) is 10.6. The van der Waals surface area contributed by atoms with Gasteiger partial charge in [0.2, 0.25) is 5.91 Å². The van der Waals surface area contributed by atoms with E-state index in [0.29, 0.717) is 11.6 Å². The second kappa shape index (κ2) is 6.43. The topological polar surface area (TPSA) is 80.0 Å². The molecular formula is C15H13BrN4OS. The lowest BCUT2D eigenvalue weighted by molar-refractivity contribution is -0.115. The molecule has 0 fully saturated rings. The van der Waals surface area contributed by atoms with Gasteiger partial charge in [-0.15, -0.1) is 0 Å². The van der Waals surface area contributed by atoms with Gasteiger partial charge in [0.25, 0.3) is 0 Å². The molecule has 0 unspecified atom stereocenters. The van der Waals surface area contributed by atoms with E-state index in [0.717, 1.165) is 25.9 Å². The molecule has 1 amide bonds. The minimum atomic E-state index is -0.0564. The predicted octanol–water partition coefficient (Wildman–Crippen LogP) is 3.53. The number of carbonyl (C=O) groups excluding carboxylic acids is 1. The Morgan fingerprint density at radius 2 is 2.05 bits per heavy atom. The number of anilines is 2. The van der Waals surface area contributed by atoms with Crippen LogP contribution >= 0.6 is 27.3 Å². The number of nitrogens with two attached hydrogens (primary N) is 1. The number of hydrazine groups is 1. The molecule has 22 heavy (non-hydrogen) atoms. The summed E-state index contributed by atoms with van der Waals surface area (Å²) in [5.74, 6) is 5.32. The fourth-order valence-corrected chi connectivity index (χ4v) is 3.63. The third-order valence-electron chi connectivity index (χ3n) is 3.06. The van der Waals surface area contributed by atoms with Gasteiger partial charge in [0.1, 0.15) is 0 Å². The van der Waals surface area contributed by atoms with Gasteiger partial charge in [-0.2, -0.15) is 0 Å². The molecule has 0 aliphatic rings. The standard InChI is InChI=1S/C15H13BrN4OS/c16-11-7-10(8-12-14(11)19-15(20-17)22-12)18-13(21)6-9-4-2-1-3-5-9/h1-5,7-8H,6,17H2,(H,18,21)(H,19,20). The zero-order valence-electron chi connectivity index (χ0n) is 11.5. The second-order valence-corrected chi connectivity index (χ2v) is 6.56. The van der Waals surface area contributed by atoms with Crippen molar-refractivity contribution in [2.45, 2.75) is 6.42 Å². The third kappa shape index (κ3) is 3.27. The number of nitrogens with one attached hydrogen (secondary N) is 2. The Labute approximate surface area is 139 Å². The van der Waals surface area contributed by atoms with Crippen molar-refractivity contribution < 1.29 is 4.79 Å². The molecule has 2 aromatic carbocycles. The number of aromatic nitrogens is 1. The van der Waals surface area contributed by atoms with Crippen LogP contribution in [0.5, 0.6) is 0 Å². The number of hydrogen-bond acceptors (Lipinski definition) is 5. The van der Waals surface area contributed by atoms with Gasteiger partial charge < -0.3 is 5.32 Å². The first kappa shape index (κ1) is 15.0. The number of benzene rings is 2. The van der Waals surface area contributed by atoms with Crippen molar-refractivity contribution in [2.24, 2.45) is 5.84 Å². The first-order valence-corrected chi connectivity index (χ1v) is 8.17. The zero-order chi connectivity index (χ0) is 15.5. The highest BCUT2D eigenvalue weighted by atomic mass is 79.9. The summed E-state index contributed by atoms with van der Waals surface area (Å²) in [6.07, 6.45) is 0.342. The fraction of sp³-hybridized carbons (Fsp3) is 0.0667. The van der Waals surface area contributed by atoms with Crippen molar-refractivity contribution in [1.29, 1.82) is 0 Å². The summed E-state index contributed by atoms with van der Waals surface area (Å²) >= 11 is 4.90. The summed E-state index contributed by atoms with van der Waals surface area (Å²) < 4.78 is 1.76. The molecule has 0 aliphatic heterocycles. The summed E-state index contributed by atoms with van der Waals surface area (Å²) in [5.41, 5.74) is 5.06. The largest absolute Gasteiger partial charge is 0.326 e. The van der Waals surface area contributed by atoms with Gasteiger partial charge in [-0.25, -0.2) is 10.8 Å². The van der Waals surface area contributed by atoms with Gasteiger partial charge in [0.15, 0.2) is 5.13 Å². The van der Waals surface area contributed by atoms with E-state index in [2.05, 4.69) is 31.7 Å². The van der Waals surface area contributed by atoms with Crippen molar-refractivity contribution >= 4 is 54.2 Å². The molecule has 3 aromatic rings. The summed E-state index contributed by atoms with van der Waals surface area (Å²) in [5, 5.41) is 3.54. The minimum absolute atomic E-state index is 0.0564. The lowest BCUT2D eigenvalue weighted by atomic mass is 10.1. The van der Waals surface area contributed by atoms with Crippen LogP contribution in [0.15, 0.2) is 46.9 Å². The second-order valence-electron chi connectivity index (χ2n) is 4.68. The molecule has 0 saturated carbocycles. The van der Waals surface area contributed by atoms with Crippen LogP contribution in [0.25, 0.3) is 10.2 Å². The van der Waals surface area contributed by atoms with Crippen LogP contribution in [0.2, 0.25) is 0 Å². The molecule has 0 saturated heterocycles. The van der Waals surface area contributed by atoms with E-state index >= 15 is 0 Å². The highest BCUT2D eigenvalue weighted by Crippen LogP contribution is 2.33. The van der Waals surface area contributed by atoms with Crippen molar-refractivity contribution in [3.8, 4) is 0 Å². The molecular weight excluding hydrogens is 364 g/mol. The van der Waals surface area contributed by atoms with E-state index in [-0.39, 0.29) is 5.91 Å². The van der Waals surface area contributed by atoms with Crippen LogP contribution < -0.4 is 16.6 Å². The first-order chi connectivity index (χ1) is 10.7. The highest BCUT2D eigenvalue weighted by molar-refractivity contribution is 9.10. The van der Waals surface area contributed by atoms with E-state index in [4.69, 9.17) is 5.84 Å². The van der Waals surface area contributed by atoms with E-state index in [1.54, 1.807) is 0 Å². The molecule has 7 heteroatoms. The number of halogens is 1. The number of thiazole rings is 1. The summed E-state index contributed by atoms with van der Waals surface area (Å²) in [6, 6.07) is 13.4. The Hall–Kier alpha value is -1.96. The number of nitrogen functional groups attached to an aromatic ring is 1. The monoisotopic (exact) mass is 376 g/mol.